The number of nitrogens with one attached hydrogen (secondary N) is 1. The van der Waals surface area contributed by atoms with Crippen LogP contribution in [0.3, 0.4) is 0 Å². The average Bonchev–Trinajstić information content (AvgIpc) is 2.63. The fraction of sp³-hybridized carbons (Fsp3) is 0.263. The van der Waals surface area contributed by atoms with Crippen LogP contribution in [0, 0.1) is 13.8 Å². The van der Waals surface area contributed by atoms with Crippen molar-refractivity contribution >= 4 is 16.8 Å². The molecule has 1 N–H and O–H groups in total. The molecule has 0 spiro atoms. The number of benzene rings is 1. The fourth-order valence-electron chi connectivity index (χ4n) is 2.85. The lowest BCUT2D eigenvalue weighted by molar-refractivity contribution is -0.143. The van der Waals surface area contributed by atoms with Gasteiger partial charge < -0.3 is 9.88 Å². The van der Waals surface area contributed by atoms with Gasteiger partial charge in [-0.2, -0.15) is 13.2 Å². The average molecular weight is 390 g/mol. The minimum Gasteiger partial charge on any atom is -0.349 e. The van der Waals surface area contributed by atoms with E-state index < -0.39 is 23.2 Å². The SMILES string of the molecule is Cc1ccc2c(c1)c(=O)cc(C(F)(F)F)n2CCNC(=O)c1cnc(C)cn1. The van der Waals surface area contributed by atoms with Crippen LogP contribution in [0.2, 0.25) is 0 Å². The quantitative estimate of drug-likeness (QED) is 0.743. The Kier molecular flexibility index (Phi) is 5.17. The number of carbonyl (C=O) groups excluding carboxylic acids is 1. The molecule has 0 fully saturated rings. The maximum absolute atomic E-state index is 13.5. The lowest BCUT2D eigenvalue weighted by Crippen LogP contribution is -2.30. The molecule has 0 saturated carbocycles. The minimum absolute atomic E-state index is 0.0713. The smallest absolute Gasteiger partial charge is 0.349 e. The summed E-state index contributed by atoms with van der Waals surface area (Å²) < 4.78 is 41.4. The zero-order valence-electron chi connectivity index (χ0n) is 15.2. The monoisotopic (exact) mass is 390 g/mol. The van der Waals surface area contributed by atoms with Crippen molar-refractivity contribution in [1.82, 2.24) is 19.9 Å². The summed E-state index contributed by atoms with van der Waals surface area (Å²) in [7, 11) is 0. The number of carbonyl (C=O) groups is 1. The predicted molar refractivity (Wildman–Crippen MR) is 97.0 cm³/mol. The number of hydrogen-bond donors (Lipinski definition) is 1. The molecule has 2 heterocycles. The van der Waals surface area contributed by atoms with Crippen LogP contribution in [-0.4, -0.2) is 27.0 Å². The molecule has 0 unspecified atom stereocenters. The molecule has 9 heteroatoms. The van der Waals surface area contributed by atoms with Gasteiger partial charge in [0.05, 0.1) is 17.4 Å². The molecule has 1 aromatic carbocycles. The summed E-state index contributed by atoms with van der Waals surface area (Å²) in [5.74, 6) is -0.540. The number of aromatic nitrogens is 3. The van der Waals surface area contributed by atoms with Gasteiger partial charge in [0.2, 0.25) is 0 Å². The van der Waals surface area contributed by atoms with Crippen LogP contribution in [0.1, 0.15) is 27.4 Å². The van der Waals surface area contributed by atoms with Crippen molar-refractivity contribution in [2.75, 3.05) is 6.54 Å². The number of alkyl halides is 3. The van der Waals surface area contributed by atoms with Gasteiger partial charge in [0.25, 0.3) is 5.91 Å². The number of hydrogen-bond acceptors (Lipinski definition) is 4. The van der Waals surface area contributed by atoms with Gasteiger partial charge in [0.15, 0.2) is 5.43 Å². The molecule has 0 atom stereocenters. The van der Waals surface area contributed by atoms with Gasteiger partial charge in [-0.05, 0) is 26.0 Å². The van der Waals surface area contributed by atoms with E-state index in [-0.39, 0.29) is 29.7 Å². The Morgan fingerprint density at radius 2 is 1.89 bits per heavy atom. The van der Waals surface area contributed by atoms with E-state index in [1.807, 2.05) is 0 Å². The van der Waals surface area contributed by atoms with Crippen molar-refractivity contribution in [2.24, 2.45) is 0 Å². The number of amides is 1. The number of rotatable bonds is 4. The van der Waals surface area contributed by atoms with E-state index in [1.165, 1.54) is 18.5 Å². The lowest BCUT2D eigenvalue weighted by Gasteiger charge is -2.19. The van der Waals surface area contributed by atoms with Crippen LogP contribution >= 0.6 is 0 Å². The Labute approximate surface area is 158 Å². The van der Waals surface area contributed by atoms with Crippen LogP contribution in [0.5, 0.6) is 0 Å². The summed E-state index contributed by atoms with van der Waals surface area (Å²) in [6.45, 7) is 3.23. The molecule has 0 bridgehead atoms. The first-order chi connectivity index (χ1) is 13.2. The highest BCUT2D eigenvalue weighted by atomic mass is 19.4. The molecule has 6 nitrogen and oxygen atoms in total. The van der Waals surface area contributed by atoms with Crippen LogP contribution < -0.4 is 10.7 Å². The van der Waals surface area contributed by atoms with Gasteiger partial charge in [0.1, 0.15) is 11.4 Å². The van der Waals surface area contributed by atoms with Gasteiger partial charge in [-0.25, -0.2) is 4.98 Å². The normalized spacial score (nSPS) is 11.6. The van der Waals surface area contributed by atoms with Gasteiger partial charge in [-0.1, -0.05) is 11.6 Å². The Morgan fingerprint density at radius 3 is 2.54 bits per heavy atom. The zero-order valence-corrected chi connectivity index (χ0v) is 15.2. The molecule has 0 aliphatic carbocycles. The maximum Gasteiger partial charge on any atom is 0.431 e. The topological polar surface area (TPSA) is 76.9 Å². The molecule has 0 aliphatic heterocycles. The van der Waals surface area contributed by atoms with Crippen molar-refractivity contribution in [3.05, 3.63) is 69.5 Å². The van der Waals surface area contributed by atoms with E-state index in [4.69, 9.17) is 0 Å². The van der Waals surface area contributed by atoms with Crippen molar-refractivity contribution in [2.45, 2.75) is 26.6 Å². The Balaban J connectivity index is 1.91. The summed E-state index contributed by atoms with van der Waals surface area (Å²) in [6.07, 6.45) is -1.98. The summed E-state index contributed by atoms with van der Waals surface area (Å²) in [4.78, 5) is 32.1. The van der Waals surface area contributed by atoms with E-state index >= 15 is 0 Å². The summed E-state index contributed by atoms with van der Waals surface area (Å²) in [5.41, 5.74) is -0.111. The number of fused-ring (bicyclic) bond motifs is 1. The van der Waals surface area contributed by atoms with Crippen LogP contribution in [0.25, 0.3) is 10.9 Å². The summed E-state index contributed by atoms with van der Waals surface area (Å²) in [6, 6.07) is 5.26. The second kappa shape index (κ2) is 7.41. The molecule has 3 aromatic rings. The molecule has 0 aliphatic rings. The van der Waals surface area contributed by atoms with Gasteiger partial charge >= 0.3 is 6.18 Å². The summed E-state index contributed by atoms with van der Waals surface area (Å²) in [5, 5.41) is 2.73. The molecule has 3 rings (SSSR count). The van der Waals surface area contributed by atoms with E-state index in [2.05, 4.69) is 15.3 Å². The third-order valence-electron chi connectivity index (χ3n) is 4.19. The molecular formula is C19H17F3N4O2. The Morgan fingerprint density at radius 1 is 1.14 bits per heavy atom. The van der Waals surface area contributed by atoms with Gasteiger partial charge in [-0.3, -0.25) is 14.6 Å². The van der Waals surface area contributed by atoms with E-state index in [1.54, 1.807) is 26.0 Å². The first kappa shape index (κ1) is 19.5. The molecule has 1 amide bonds. The second-order valence-corrected chi connectivity index (χ2v) is 6.36. The number of nitrogens with zero attached hydrogens (tertiary/aromatic N) is 3. The predicted octanol–water partition coefficient (Wildman–Crippen LogP) is 2.86. The van der Waals surface area contributed by atoms with Gasteiger partial charge in [0, 0.05) is 30.7 Å². The lowest BCUT2D eigenvalue weighted by atomic mass is 10.1. The first-order valence-corrected chi connectivity index (χ1v) is 8.45. The van der Waals surface area contributed by atoms with Crippen LogP contribution in [0.15, 0.2) is 41.5 Å². The first-order valence-electron chi connectivity index (χ1n) is 8.45. The summed E-state index contributed by atoms with van der Waals surface area (Å²) >= 11 is 0. The highest BCUT2D eigenvalue weighted by Crippen LogP contribution is 2.30. The maximum atomic E-state index is 13.5. The molecular weight excluding hydrogens is 373 g/mol. The molecule has 2 aromatic heterocycles. The highest BCUT2D eigenvalue weighted by molar-refractivity contribution is 5.91. The number of pyridine rings is 1. The van der Waals surface area contributed by atoms with Crippen molar-refractivity contribution in [3.8, 4) is 0 Å². The standard InChI is InChI=1S/C19H17F3N4O2/c1-11-3-4-15-13(7-11)16(27)8-17(19(20,21)22)26(15)6-5-23-18(28)14-10-24-12(2)9-25-14/h3-4,7-10H,5-6H2,1-2H3,(H,23,28). The Bertz CT molecular complexity index is 1090. The van der Waals surface area contributed by atoms with Crippen LogP contribution in [0.4, 0.5) is 13.2 Å². The van der Waals surface area contributed by atoms with Crippen LogP contribution in [-0.2, 0) is 12.7 Å². The largest absolute Gasteiger partial charge is 0.431 e. The number of aryl methyl sites for hydroxylation is 2. The molecule has 146 valence electrons. The van der Waals surface area contributed by atoms with E-state index in [0.29, 0.717) is 11.8 Å². The van der Waals surface area contributed by atoms with E-state index in [9.17, 15) is 22.8 Å². The Hall–Kier alpha value is -3.23. The zero-order chi connectivity index (χ0) is 20.5. The molecule has 0 radical (unpaired) electrons. The van der Waals surface area contributed by atoms with Gasteiger partial charge in [-0.15, -0.1) is 0 Å². The third kappa shape index (κ3) is 4.03. The van der Waals surface area contributed by atoms with E-state index in [0.717, 1.165) is 10.1 Å². The van der Waals surface area contributed by atoms with Crippen molar-refractivity contribution in [1.29, 1.82) is 0 Å². The number of halogens is 3. The minimum atomic E-state index is -4.70. The second-order valence-electron chi connectivity index (χ2n) is 6.36. The van der Waals surface area contributed by atoms with Crippen molar-refractivity contribution < 1.29 is 18.0 Å². The third-order valence-corrected chi connectivity index (χ3v) is 4.19. The fourth-order valence-corrected chi connectivity index (χ4v) is 2.85. The molecule has 28 heavy (non-hydrogen) atoms. The van der Waals surface area contributed by atoms with Crippen molar-refractivity contribution in [3.63, 3.8) is 0 Å². The highest BCUT2D eigenvalue weighted by Gasteiger charge is 2.35. The molecule has 0 saturated heterocycles.